The van der Waals surface area contributed by atoms with Crippen LogP contribution in [0.15, 0.2) is 6.20 Å². The van der Waals surface area contributed by atoms with Crippen LogP contribution in [0.4, 0.5) is 5.82 Å². The first-order valence-electron chi connectivity index (χ1n) is 3.77. The highest BCUT2D eigenvalue weighted by Gasteiger charge is 2.13. The second kappa shape index (κ2) is 4.61. The Hall–Kier alpha value is -1.56. The van der Waals surface area contributed by atoms with Crippen LogP contribution in [0.3, 0.4) is 0 Å². The number of hydrogen-bond acceptors (Lipinski definition) is 3. The average Bonchev–Trinajstić information content (AvgIpc) is 2.52. The van der Waals surface area contributed by atoms with Crippen molar-refractivity contribution in [3.63, 3.8) is 0 Å². The predicted molar refractivity (Wildman–Crippen MR) is 49.5 cm³/mol. The van der Waals surface area contributed by atoms with E-state index in [9.17, 15) is 9.59 Å². The van der Waals surface area contributed by atoms with E-state index in [2.05, 4.69) is 15.5 Å². The Morgan fingerprint density at radius 3 is 2.93 bits per heavy atom. The van der Waals surface area contributed by atoms with Crippen molar-refractivity contribution in [2.45, 2.75) is 6.42 Å². The summed E-state index contributed by atoms with van der Waals surface area (Å²) in [7, 11) is 0. The molecule has 14 heavy (non-hydrogen) atoms. The van der Waals surface area contributed by atoms with E-state index in [1.807, 2.05) is 0 Å². The lowest BCUT2D eigenvalue weighted by Crippen LogP contribution is -2.14. The van der Waals surface area contributed by atoms with Gasteiger partial charge in [-0.25, -0.2) is 4.79 Å². The number of carbonyl (C=O) groups is 2. The van der Waals surface area contributed by atoms with Crippen LogP contribution in [0.25, 0.3) is 0 Å². The summed E-state index contributed by atoms with van der Waals surface area (Å²) >= 11 is 5.34. The molecule has 3 N–H and O–H groups in total. The van der Waals surface area contributed by atoms with Gasteiger partial charge in [0.2, 0.25) is 5.91 Å². The van der Waals surface area contributed by atoms with Gasteiger partial charge in [-0.1, -0.05) is 0 Å². The van der Waals surface area contributed by atoms with E-state index in [4.69, 9.17) is 16.7 Å². The highest BCUT2D eigenvalue weighted by molar-refractivity contribution is 6.19. The molecule has 0 atom stereocenters. The molecule has 0 saturated heterocycles. The Morgan fingerprint density at radius 2 is 2.36 bits per heavy atom. The van der Waals surface area contributed by atoms with Crippen molar-refractivity contribution in [1.29, 1.82) is 0 Å². The largest absolute Gasteiger partial charge is 0.477 e. The van der Waals surface area contributed by atoms with Crippen LogP contribution in [0.5, 0.6) is 0 Å². The Bertz CT molecular complexity index is 350. The van der Waals surface area contributed by atoms with Gasteiger partial charge in [0.1, 0.15) is 11.4 Å². The van der Waals surface area contributed by atoms with Gasteiger partial charge in [0.15, 0.2) is 0 Å². The molecule has 1 heterocycles. The first-order chi connectivity index (χ1) is 6.65. The highest BCUT2D eigenvalue weighted by atomic mass is 35.5. The van der Waals surface area contributed by atoms with E-state index in [-0.39, 0.29) is 29.6 Å². The lowest BCUT2D eigenvalue weighted by molar-refractivity contribution is -0.115. The van der Waals surface area contributed by atoms with Crippen LogP contribution in [0, 0.1) is 0 Å². The molecule has 0 radical (unpaired) electrons. The Balaban J connectivity index is 2.71. The second-order valence-electron chi connectivity index (χ2n) is 2.45. The number of nitrogens with one attached hydrogen (secondary N) is 2. The van der Waals surface area contributed by atoms with Crippen molar-refractivity contribution in [2.75, 3.05) is 11.2 Å². The smallest absolute Gasteiger partial charge is 0.341 e. The number of aromatic carboxylic acids is 1. The molecule has 1 aromatic rings. The molecule has 0 bridgehead atoms. The summed E-state index contributed by atoms with van der Waals surface area (Å²) in [4.78, 5) is 21.6. The quantitative estimate of drug-likeness (QED) is 0.646. The number of rotatable bonds is 4. The zero-order chi connectivity index (χ0) is 10.6. The molecular weight excluding hydrogens is 210 g/mol. The average molecular weight is 218 g/mol. The van der Waals surface area contributed by atoms with Crippen LogP contribution in [0.1, 0.15) is 16.8 Å². The number of aromatic amines is 1. The van der Waals surface area contributed by atoms with E-state index in [1.165, 1.54) is 0 Å². The maximum Gasteiger partial charge on any atom is 0.341 e. The van der Waals surface area contributed by atoms with Crippen molar-refractivity contribution in [3.05, 3.63) is 11.8 Å². The molecule has 0 aromatic carbocycles. The lowest BCUT2D eigenvalue weighted by atomic mass is 10.3. The molecule has 0 fully saturated rings. The molecule has 1 amide bonds. The number of alkyl halides is 1. The van der Waals surface area contributed by atoms with Gasteiger partial charge in [0, 0.05) is 12.3 Å². The van der Waals surface area contributed by atoms with Crippen LogP contribution < -0.4 is 5.32 Å². The topological polar surface area (TPSA) is 95.1 Å². The number of carboxylic acid groups (broad SMARTS) is 1. The van der Waals surface area contributed by atoms with Gasteiger partial charge in [-0.15, -0.1) is 11.6 Å². The van der Waals surface area contributed by atoms with Gasteiger partial charge in [-0.3, -0.25) is 9.89 Å². The third-order valence-electron chi connectivity index (χ3n) is 1.46. The maximum absolute atomic E-state index is 11.0. The van der Waals surface area contributed by atoms with Gasteiger partial charge in [-0.2, -0.15) is 5.10 Å². The maximum atomic E-state index is 11.0. The summed E-state index contributed by atoms with van der Waals surface area (Å²) in [5.74, 6) is -1.25. The van der Waals surface area contributed by atoms with Gasteiger partial charge >= 0.3 is 5.97 Å². The fourth-order valence-electron chi connectivity index (χ4n) is 0.831. The minimum absolute atomic E-state index is 0.0760. The van der Waals surface area contributed by atoms with Crippen LogP contribution >= 0.6 is 11.6 Å². The lowest BCUT2D eigenvalue weighted by Gasteiger charge is -2.01. The van der Waals surface area contributed by atoms with Crippen LogP contribution in [-0.2, 0) is 4.79 Å². The Kier molecular flexibility index (Phi) is 3.47. The summed E-state index contributed by atoms with van der Waals surface area (Å²) in [6.45, 7) is 0. The van der Waals surface area contributed by atoms with Gasteiger partial charge in [0.25, 0.3) is 0 Å². The normalized spacial score (nSPS) is 9.79. The van der Waals surface area contributed by atoms with Crippen molar-refractivity contribution in [2.24, 2.45) is 0 Å². The fraction of sp³-hybridized carbons (Fsp3) is 0.286. The highest BCUT2D eigenvalue weighted by Crippen LogP contribution is 2.10. The molecule has 0 aliphatic carbocycles. The number of carboxylic acids is 1. The van der Waals surface area contributed by atoms with E-state index >= 15 is 0 Å². The zero-order valence-electron chi connectivity index (χ0n) is 7.08. The number of amides is 1. The number of H-pyrrole nitrogens is 1. The monoisotopic (exact) mass is 217 g/mol. The van der Waals surface area contributed by atoms with E-state index < -0.39 is 5.97 Å². The standard InChI is InChI=1S/C7H8ClN3O3/c8-2-1-5(12)10-6-4(7(13)14)3-9-11-6/h3H,1-2H2,(H,13,14)(H2,9,10,11,12). The molecule has 7 heteroatoms. The SMILES string of the molecule is O=C(CCCl)Nc1[nH]ncc1C(=O)O. The fourth-order valence-corrected chi connectivity index (χ4v) is 1.00. The molecule has 0 spiro atoms. The minimum atomic E-state index is -1.15. The Labute approximate surface area is 84.3 Å². The zero-order valence-corrected chi connectivity index (χ0v) is 7.84. The molecule has 0 aliphatic heterocycles. The summed E-state index contributed by atoms with van der Waals surface area (Å²) in [5.41, 5.74) is -0.0760. The molecule has 0 saturated carbocycles. The summed E-state index contributed by atoms with van der Waals surface area (Å²) < 4.78 is 0. The predicted octanol–water partition coefficient (Wildman–Crippen LogP) is 0.675. The number of anilines is 1. The van der Waals surface area contributed by atoms with Gasteiger partial charge in [-0.05, 0) is 0 Å². The number of hydrogen-bond donors (Lipinski definition) is 3. The van der Waals surface area contributed by atoms with Crippen molar-refractivity contribution in [1.82, 2.24) is 10.2 Å². The molecule has 76 valence electrons. The third-order valence-corrected chi connectivity index (χ3v) is 1.64. The van der Waals surface area contributed by atoms with Crippen molar-refractivity contribution >= 4 is 29.3 Å². The van der Waals surface area contributed by atoms with Gasteiger partial charge in [0.05, 0.1) is 6.20 Å². The molecule has 0 unspecified atom stereocenters. The summed E-state index contributed by atoms with van der Waals surface area (Å²) in [6, 6.07) is 0. The molecular formula is C7H8ClN3O3. The molecule has 1 aromatic heterocycles. The van der Waals surface area contributed by atoms with Crippen molar-refractivity contribution < 1.29 is 14.7 Å². The number of aromatic nitrogens is 2. The Morgan fingerprint density at radius 1 is 1.64 bits per heavy atom. The van der Waals surface area contributed by atoms with Crippen LogP contribution in [-0.4, -0.2) is 33.1 Å². The second-order valence-corrected chi connectivity index (χ2v) is 2.83. The first kappa shape index (κ1) is 10.5. The summed E-state index contributed by atoms with van der Waals surface area (Å²) in [6.07, 6.45) is 1.25. The van der Waals surface area contributed by atoms with Gasteiger partial charge < -0.3 is 10.4 Å². The number of nitrogens with zero attached hydrogens (tertiary/aromatic N) is 1. The number of carbonyl (C=O) groups excluding carboxylic acids is 1. The summed E-state index contributed by atoms with van der Waals surface area (Å²) in [5, 5.41) is 16.9. The first-order valence-corrected chi connectivity index (χ1v) is 4.31. The molecule has 6 nitrogen and oxygen atoms in total. The third kappa shape index (κ3) is 2.46. The van der Waals surface area contributed by atoms with Crippen LogP contribution in [0.2, 0.25) is 0 Å². The number of halogens is 1. The molecule has 1 rings (SSSR count). The van der Waals surface area contributed by atoms with E-state index in [1.54, 1.807) is 0 Å². The minimum Gasteiger partial charge on any atom is -0.477 e. The van der Waals surface area contributed by atoms with Crippen molar-refractivity contribution in [3.8, 4) is 0 Å². The van der Waals surface area contributed by atoms with E-state index in [0.29, 0.717) is 0 Å². The van der Waals surface area contributed by atoms with E-state index in [0.717, 1.165) is 6.20 Å². The molecule has 0 aliphatic rings.